The van der Waals surface area contributed by atoms with Gasteiger partial charge in [0.1, 0.15) is 22.9 Å². The van der Waals surface area contributed by atoms with Crippen LogP contribution in [0.2, 0.25) is 0 Å². The lowest BCUT2D eigenvalue weighted by Gasteiger charge is -2.14. The fourth-order valence-electron chi connectivity index (χ4n) is 4.56. The van der Waals surface area contributed by atoms with Crippen LogP contribution in [-0.4, -0.2) is 49.3 Å². The molecule has 1 aromatic heterocycles. The molecule has 250 valence electrons. The summed E-state index contributed by atoms with van der Waals surface area (Å²) in [6.45, 7) is 1.81. The molecule has 0 aliphatic carbocycles. The van der Waals surface area contributed by atoms with Crippen LogP contribution in [-0.2, 0) is 9.59 Å². The van der Waals surface area contributed by atoms with E-state index in [0.717, 1.165) is 21.9 Å². The van der Waals surface area contributed by atoms with E-state index in [9.17, 15) is 14.4 Å². The van der Waals surface area contributed by atoms with Gasteiger partial charge in [0.05, 0.1) is 32.3 Å². The molecule has 3 amide bonds. The fraction of sp³-hybridized carbons (Fsp3) is 0.135. The Balaban J connectivity index is 1.24. The number of nitrogens with zero attached hydrogens (tertiary/aromatic N) is 1. The van der Waals surface area contributed by atoms with Crippen LogP contribution in [0.5, 0.6) is 17.2 Å². The average molecular weight is 695 g/mol. The van der Waals surface area contributed by atoms with Gasteiger partial charge in [-0.2, -0.15) is 0 Å². The molecule has 0 fully saturated rings. The van der Waals surface area contributed by atoms with Gasteiger partial charge in [-0.3, -0.25) is 14.4 Å². The SMILES string of the molecule is COc1cccc(-c2csc(NC(=O)C(C)Sc3ccc(NC(=O)/C(=C/c4ccc(OC)cc4OC)NC(=O)c4ccccc4)cc3)n2)c1. The first kappa shape index (κ1) is 34.7. The lowest BCUT2D eigenvalue weighted by molar-refractivity contribution is -0.115. The number of benzene rings is 4. The number of amides is 3. The van der Waals surface area contributed by atoms with Crippen molar-refractivity contribution < 1.29 is 28.6 Å². The first-order valence-electron chi connectivity index (χ1n) is 15.0. The van der Waals surface area contributed by atoms with Crippen LogP contribution in [0, 0.1) is 0 Å². The number of methoxy groups -OCH3 is 3. The van der Waals surface area contributed by atoms with Gasteiger partial charge >= 0.3 is 0 Å². The van der Waals surface area contributed by atoms with E-state index in [4.69, 9.17) is 14.2 Å². The van der Waals surface area contributed by atoms with E-state index in [-0.39, 0.29) is 11.6 Å². The van der Waals surface area contributed by atoms with Crippen LogP contribution < -0.4 is 30.2 Å². The highest BCUT2D eigenvalue weighted by atomic mass is 32.2. The molecule has 0 radical (unpaired) electrons. The van der Waals surface area contributed by atoms with E-state index in [1.54, 1.807) is 81.0 Å². The lowest BCUT2D eigenvalue weighted by atomic mass is 10.1. The molecule has 3 N–H and O–H groups in total. The summed E-state index contributed by atoms with van der Waals surface area (Å²) in [6, 6.07) is 28.4. The Morgan fingerprint density at radius 3 is 2.27 bits per heavy atom. The maximum Gasteiger partial charge on any atom is 0.272 e. The van der Waals surface area contributed by atoms with Gasteiger partial charge in [-0.15, -0.1) is 23.1 Å². The van der Waals surface area contributed by atoms with Gasteiger partial charge in [0.15, 0.2) is 5.13 Å². The molecule has 0 saturated heterocycles. The van der Waals surface area contributed by atoms with Gasteiger partial charge in [0.2, 0.25) is 5.91 Å². The quantitative estimate of drug-likeness (QED) is 0.0862. The predicted molar refractivity (Wildman–Crippen MR) is 195 cm³/mol. The van der Waals surface area contributed by atoms with E-state index >= 15 is 0 Å². The highest BCUT2D eigenvalue weighted by Gasteiger charge is 2.19. The standard InChI is InChI=1S/C37H34N4O6S2/c1-23(34(42)41-37-40-32(22-48-37)25-11-8-12-28(19-25)45-2)49-30-17-14-27(15-18-30)38-36(44)31(39-35(43)24-9-6-5-7-10-24)20-26-13-16-29(46-3)21-33(26)47-4/h5-23H,1-4H3,(H,38,44)(H,39,43)(H,40,41,42)/b31-20-. The Bertz CT molecular complexity index is 1960. The van der Waals surface area contributed by atoms with Crippen LogP contribution in [0.25, 0.3) is 17.3 Å². The van der Waals surface area contributed by atoms with Crippen molar-refractivity contribution in [1.82, 2.24) is 10.3 Å². The average Bonchev–Trinajstić information content (AvgIpc) is 3.61. The third-order valence-corrected chi connectivity index (χ3v) is 9.03. The number of thioether (sulfide) groups is 1. The van der Waals surface area contributed by atoms with Gasteiger partial charge < -0.3 is 30.2 Å². The summed E-state index contributed by atoms with van der Waals surface area (Å²) in [5.41, 5.74) is 3.12. The summed E-state index contributed by atoms with van der Waals surface area (Å²) in [5, 5.41) is 10.4. The van der Waals surface area contributed by atoms with Gasteiger partial charge in [0.25, 0.3) is 11.8 Å². The second-order valence-corrected chi connectivity index (χ2v) is 12.8. The molecule has 4 aromatic carbocycles. The Morgan fingerprint density at radius 2 is 1.55 bits per heavy atom. The number of carbonyl (C=O) groups is 3. The van der Waals surface area contributed by atoms with E-state index in [0.29, 0.717) is 33.4 Å². The topological polar surface area (TPSA) is 128 Å². The molecule has 1 heterocycles. The third kappa shape index (κ3) is 9.28. The predicted octanol–water partition coefficient (Wildman–Crippen LogP) is 7.36. The molecule has 1 unspecified atom stereocenters. The summed E-state index contributed by atoms with van der Waals surface area (Å²) >= 11 is 2.72. The van der Waals surface area contributed by atoms with Gasteiger partial charge in [-0.1, -0.05) is 30.3 Å². The molecule has 1 atom stereocenters. The summed E-state index contributed by atoms with van der Waals surface area (Å²) in [6.07, 6.45) is 1.54. The molecule has 5 rings (SSSR count). The molecule has 12 heteroatoms. The molecule has 0 aliphatic heterocycles. The minimum Gasteiger partial charge on any atom is -0.497 e. The maximum absolute atomic E-state index is 13.5. The number of aromatic nitrogens is 1. The number of thiazole rings is 1. The van der Waals surface area contributed by atoms with Crippen molar-refractivity contribution in [3.8, 4) is 28.5 Å². The summed E-state index contributed by atoms with van der Waals surface area (Å²) in [7, 11) is 4.67. The van der Waals surface area contributed by atoms with Crippen molar-refractivity contribution in [2.24, 2.45) is 0 Å². The van der Waals surface area contributed by atoms with Crippen molar-refractivity contribution in [3.05, 3.63) is 119 Å². The van der Waals surface area contributed by atoms with Gasteiger partial charge in [0, 0.05) is 38.7 Å². The first-order chi connectivity index (χ1) is 23.8. The lowest BCUT2D eigenvalue weighted by Crippen LogP contribution is -2.30. The Labute approximate surface area is 292 Å². The van der Waals surface area contributed by atoms with Crippen molar-refractivity contribution in [2.45, 2.75) is 17.1 Å². The molecule has 0 aliphatic rings. The summed E-state index contributed by atoms with van der Waals surface area (Å²) in [4.78, 5) is 44.9. The molecule has 10 nitrogen and oxygen atoms in total. The Kier molecular flexibility index (Phi) is 11.7. The van der Waals surface area contributed by atoms with E-state index in [2.05, 4.69) is 20.9 Å². The van der Waals surface area contributed by atoms with E-state index < -0.39 is 17.1 Å². The Morgan fingerprint density at radius 1 is 0.816 bits per heavy atom. The molecule has 5 aromatic rings. The van der Waals surface area contributed by atoms with E-state index in [1.165, 1.54) is 30.2 Å². The van der Waals surface area contributed by atoms with E-state index in [1.807, 2.05) is 48.7 Å². The van der Waals surface area contributed by atoms with Crippen LogP contribution >= 0.6 is 23.1 Å². The number of nitrogens with one attached hydrogen (secondary N) is 3. The number of rotatable bonds is 13. The van der Waals surface area contributed by atoms with Crippen LogP contribution in [0.3, 0.4) is 0 Å². The van der Waals surface area contributed by atoms with Gasteiger partial charge in [-0.05, 0) is 73.7 Å². The molecule has 0 saturated carbocycles. The monoisotopic (exact) mass is 694 g/mol. The minimum atomic E-state index is -0.535. The second-order valence-electron chi connectivity index (χ2n) is 10.5. The molecule has 0 spiro atoms. The highest BCUT2D eigenvalue weighted by Crippen LogP contribution is 2.30. The van der Waals surface area contributed by atoms with Crippen LogP contribution in [0.4, 0.5) is 10.8 Å². The normalized spacial score (nSPS) is 11.6. The highest BCUT2D eigenvalue weighted by molar-refractivity contribution is 8.00. The zero-order valence-corrected chi connectivity index (χ0v) is 28.8. The number of carbonyl (C=O) groups excluding carboxylic acids is 3. The van der Waals surface area contributed by atoms with Crippen LogP contribution in [0.15, 0.2) is 113 Å². The van der Waals surface area contributed by atoms with Crippen molar-refractivity contribution in [1.29, 1.82) is 0 Å². The molecular formula is C37H34N4O6S2. The second kappa shape index (κ2) is 16.5. The minimum absolute atomic E-state index is 0.0119. The summed E-state index contributed by atoms with van der Waals surface area (Å²) < 4.78 is 16.1. The largest absolute Gasteiger partial charge is 0.497 e. The summed E-state index contributed by atoms with van der Waals surface area (Å²) in [5.74, 6) is 0.611. The Hall–Kier alpha value is -5.59. The fourth-order valence-corrected chi connectivity index (χ4v) is 6.15. The molecule has 0 bridgehead atoms. The van der Waals surface area contributed by atoms with Gasteiger partial charge in [-0.25, -0.2) is 4.98 Å². The zero-order valence-electron chi connectivity index (χ0n) is 27.2. The number of anilines is 2. The maximum atomic E-state index is 13.5. The number of hydrogen-bond acceptors (Lipinski definition) is 9. The van der Waals surface area contributed by atoms with Crippen LogP contribution in [0.1, 0.15) is 22.8 Å². The zero-order chi connectivity index (χ0) is 34.8. The third-order valence-electron chi connectivity index (χ3n) is 7.16. The molecular weight excluding hydrogens is 661 g/mol. The smallest absolute Gasteiger partial charge is 0.272 e. The first-order valence-corrected chi connectivity index (χ1v) is 16.8. The number of hydrogen-bond donors (Lipinski definition) is 3. The van der Waals surface area contributed by atoms with Crippen molar-refractivity contribution in [3.63, 3.8) is 0 Å². The molecule has 49 heavy (non-hydrogen) atoms. The van der Waals surface area contributed by atoms with Crippen molar-refractivity contribution >= 4 is 57.7 Å². The number of ether oxygens (including phenoxy) is 3. The van der Waals surface area contributed by atoms with Crippen molar-refractivity contribution in [2.75, 3.05) is 32.0 Å².